The van der Waals surface area contributed by atoms with E-state index in [1.807, 2.05) is 6.07 Å². The molecule has 102 valence electrons. The molecule has 0 saturated heterocycles. The van der Waals surface area contributed by atoms with E-state index in [0.717, 1.165) is 5.69 Å². The van der Waals surface area contributed by atoms with Crippen molar-refractivity contribution in [1.82, 2.24) is 0 Å². The van der Waals surface area contributed by atoms with Crippen molar-refractivity contribution in [3.8, 4) is 0 Å². The summed E-state index contributed by atoms with van der Waals surface area (Å²) in [5.41, 5.74) is 11.0. The van der Waals surface area contributed by atoms with Crippen LogP contribution < -0.4 is 10.6 Å². The molecule has 0 spiro atoms. The highest BCUT2D eigenvalue weighted by Crippen LogP contribution is 2.51. The van der Waals surface area contributed by atoms with Gasteiger partial charge in [-0.15, -0.1) is 0 Å². The number of nitrogen functional groups attached to an aromatic ring is 1. The summed E-state index contributed by atoms with van der Waals surface area (Å²) in [5, 5.41) is 0. The van der Waals surface area contributed by atoms with E-state index in [1.165, 1.54) is 42.6 Å². The minimum Gasteiger partial charge on any atom is -0.399 e. The second kappa shape index (κ2) is 4.55. The fourth-order valence-electron chi connectivity index (χ4n) is 3.97. The summed E-state index contributed by atoms with van der Waals surface area (Å²) in [6.07, 6.45) is 5.27. The molecule has 0 aromatic heterocycles. The molecular weight excluding hydrogens is 244 g/mol. The molecule has 2 atom stereocenters. The van der Waals surface area contributed by atoms with Gasteiger partial charge in [-0.05, 0) is 48.7 Å². The van der Waals surface area contributed by atoms with Crippen LogP contribution in [0.1, 0.15) is 37.2 Å². The van der Waals surface area contributed by atoms with Crippen LogP contribution in [0.5, 0.6) is 0 Å². The van der Waals surface area contributed by atoms with Gasteiger partial charge in [0.2, 0.25) is 0 Å². The van der Waals surface area contributed by atoms with Crippen LogP contribution in [0.4, 0.5) is 17.1 Å². The second-order valence-corrected chi connectivity index (χ2v) is 5.98. The van der Waals surface area contributed by atoms with E-state index in [4.69, 9.17) is 5.73 Å². The fraction of sp³-hybridized carbons (Fsp3) is 0.333. The first-order valence-electron chi connectivity index (χ1n) is 7.58. The molecule has 1 saturated carbocycles. The standard InChI is InChI=1S/C18H20N2/c19-13-10-11-18-16(12-13)15-8-4-5-9-17(15)20(18)14-6-2-1-3-7-14/h1-3,6-7,10-12,15,17H,4-5,8-9,19H2. The van der Waals surface area contributed by atoms with Gasteiger partial charge in [-0.1, -0.05) is 31.0 Å². The SMILES string of the molecule is Nc1ccc2c(c1)C1CCCCC1N2c1ccccc1. The molecule has 2 aromatic rings. The van der Waals surface area contributed by atoms with Gasteiger partial charge in [-0.25, -0.2) is 0 Å². The molecule has 4 rings (SSSR count). The van der Waals surface area contributed by atoms with E-state index in [2.05, 4.69) is 47.4 Å². The van der Waals surface area contributed by atoms with Gasteiger partial charge >= 0.3 is 0 Å². The molecule has 1 heterocycles. The van der Waals surface area contributed by atoms with Crippen molar-refractivity contribution in [2.75, 3.05) is 10.6 Å². The number of anilines is 3. The number of fused-ring (bicyclic) bond motifs is 3. The monoisotopic (exact) mass is 264 g/mol. The minimum absolute atomic E-state index is 0.614. The summed E-state index contributed by atoms with van der Waals surface area (Å²) in [5.74, 6) is 0.655. The highest BCUT2D eigenvalue weighted by Gasteiger charge is 2.40. The lowest BCUT2D eigenvalue weighted by Crippen LogP contribution is -2.32. The summed E-state index contributed by atoms with van der Waals surface area (Å²) in [6.45, 7) is 0. The number of nitrogens with two attached hydrogens (primary N) is 1. The van der Waals surface area contributed by atoms with Crippen LogP contribution in [0.3, 0.4) is 0 Å². The first-order chi connectivity index (χ1) is 9.84. The molecule has 0 amide bonds. The molecule has 0 bridgehead atoms. The number of rotatable bonds is 1. The van der Waals surface area contributed by atoms with Gasteiger partial charge in [-0.3, -0.25) is 0 Å². The molecule has 1 aliphatic heterocycles. The largest absolute Gasteiger partial charge is 0.399 e. The maximum absolute atomic E-state index is 6.02. The quantitative estimate of drug-likeness (QED) is 0.771. The Morgan fingerprint density at radius 2 is 1.75 bits per heavy atom. The Morgan fingerprint density at radius 1 is 0.950 bits per heavy atom. The zero-order chi connectivity index (χ0) is 13.5. The Balaban J connectivity index is 1.86. The number of hydrogen-bond acceptors (Lipinski definition) is 2. The van der Waals surface area contributed by atoms with Crippen LogP contribution in [-0.2, 0) is 0 Å². The van der Waals surface area contributed by atoms with Crippen molar-refractivity contribution in [3.05, 3.63) is 54.1 Å². The van der Waals surface area contributed by atoms with Gasteiger partial charge in [0.1, 0.15) is 0 Å². The average Bonchev–Trinajstić information content (AvgIpc) is 2.82. The van der Waals surface area contributed by atoms with Gasteiger partial charge in [0.25, 0.3) is 0 Å². The zero-order valence-corrected chi connectivity index (χ0v) is 11.6. The maximum Gasteiger partial charge on any atom is 0.0451 e. The third-order valence-corrected chi connectivity index (χ3v) is 4.81. The van der Waals surface area contributed by atoms with Crippen LogP contribution >= 0.6 is 0 Å². The van der Waals surface area contributed by atoms with Crippen molar-refractivity contribution in [2.45, 2.75) is 37.6 Å². The van der Waals surface area contributed by atoms with Crippen LogP contribution in [0.2, 0.25) is 0 Å². The van der Waals surface area contributed by atoms with E-state index in [1.54, 1.807) is 0 Å². The third kappa shape index (κ3) is 1.71. The van der Waals surface area contributed by atoms with Gasteiger partial charge < -0.3 is 10.6 Å². The van der Waals surface area contributed by atoms with Crippen LogP contribution in [0.25, 0.3) is 0 Å². The second-order valence-electron chi connectivity index (χ2n) is 5.98. The van der Waals surface area contributed by atoms with E-state index < -0.39 is 0 Å². The van der Waals surface area contributed by atoms with Crippen molar-refractivity contribution >= 4 is 17.1 Å². The summed E-state index contributed by atoms with van der Waals surface area (Å²) < 4.78 is 0. The van der Waals surface area contributed by atoms with Gasteiger partial charge in [0, 0.05) is 29.0 Å². The fourth-order valence-corrected chi connectivity index (χ4v) is 3.97. The number of hydrogen-bond donors (Lipinski definition) is 1. The van der Waals surface area contributed by atoms with E-state index >= 15 is 0 Å². The first-order valence-corrected chi connectivity index (χ1v) is 7.58. The minimum atomic E-state index is 0.614. The molecule has 2 nitrogen and oxygen atoms in total. The number of para-hydroxylation sites is 1. The van der Waals surface area contributed by atoms with E-state index in [0.29, 0.717) is 12.0 Å². The molecule has 2 unspecified atom stereocenters. The molecule has 0 radical (unpaired) electrons. The topological polar surface area (TPSA) is 29.3 Å². The Morgan fingerprint density at radius 3 is 2.60 bits per heavy atom. The smallest absolute Gasteiger partial charge is 0.0451 e. The molecule has 20 heavy (non-hydrogen) atoms. The predicted molar refractivity (Wildman–Crippen MR) is 84.4 cm³/mol. The van der Waals surface area contributed by atoms with E-state index in [9.17, 15) is 0 Å². The Kier molecular flexibility index (Phi) is 2.69. The highest BCUT2D eigenvalue weighted by atomic mass is 15.2. The number of benzene rings is 2. The van der Waals surface area contributed by atoms with Gasteiger partial charge in [0.15, 0.2) is 0 Å². The summed E-state index contributed by atoms with van der Waals surface area (Å²) >= 11 is 0. The van der Waals surface area contributed by atoms with Crippen molar-refractivity contribution in [3.63, 3.8) is 0 Å². The van der Waals surface area contributed by atoms with Crippen LogP contribution in [-0.4, -0.2) is 6.04 Å². The highest BCUT2D eigenvalue weighted by molar-refractivity contribution is 5.74. The molecular formula is C18H20N2. The summed E-state index contributed by atoms with van der Waals surface area (Å²) in [7, 11) is 0. The molecule has 2 aliphatic rings. The maximum atomic E-state index is 6.02. The predicted octanol–water partition coefficient (Wildman–Crippen LogP) is 4.45. The Hall–Kier alpha value is -1.96. The molecule has 2 heteroatoms. The number of nitrogens with zero attached hydrogens (tertiary/aromatic N) is 1. The molecule has 1 fully saturated rings. The lowest BCUT2D eigenvalue weighted by Gasteiger charge is -2.33. The van der Waals surface area contributed by atoms with Crippen LogP contribution in [0, 0.1) is 0 Å². The third-order valence-electron chi connectivity index (χ3n) is 4.81. The van der Waals surface area contributed by atoms with Crippen molar-refractivity contribution < 1.29 is 0 Å². The Bertz CT molecular complexity index is 621. The lowest BCUT2D eigenvalue weighted by atomic mass is 9.82. The van der Waals surface area contributed by atoms with Gasteiger partial charge in [0.05, 0.1) is 0 Å². The molecule has 2 aromatic carbocycles. The Labute approximate surface area is 120 Å². The molecule has 2 N–H and O–H groups in total. The van der Waals surface area contributed by atoms with Crippen molar-refractivity contribution in [2.24, 2.45) is 0 Å². The van der Waals surface area contributed by atoms with Crippen LogP contribution in [0.15, 0.2) is 48.5 Å². The molecule has 1 aliphatic carbocycles. The van der Waals surface area contributed by atoms with Gasteiger partial charge in [-0.2, -0.15) is 0 Å². The average molecular weight is 264 g/mol. The zero-order valence-electron chi connectivity index (χ0n) is 11.6. The normalized spacial score (nSPS) is 24.3. The summed E-state index contributed by atoms with van der Waals surface area (Å²) in [6, 6.07) is 17.8. The van der Waals surface area contributed by atoms with Crippen molar-refractivity contribution in [1.29, 1.82) is 0 Å². The first kappa shape index (κ1) is 11.8. The van der Waals surface area contributed by atoms with E-state index in [-0.39, 0.29) is 0 Å². The summed E-state index contributed by atoms with van der Waals surface area (Å²) in [4.78, 5) is 2.54. The lowest BCUT2D eigenvalue weighted by molar-refractivity contribution is 0.402.